The van der Waals surface area contributed by atoms with Gasteiger partial charge >= 0.3 is 17.9 Å². The molecule has 0 aliphatic heterocycles. The average molecular weight is 970 g/mol. The van der Waals surface area contributed by atoms with Crippen LogP contribution in [0.4, 0.5) is 0 Å². The van der Waals surface area contributed by atoms with Crippen molar-refractivity contribution in [2.75, 3.05) is 6.61 Å². The van der Waals surface area contributed by atoms with Gasteiger partial charge in [-0.3, -0.25) is 34.3 Å². The molecule has 8 aromatic rings. The second-order valence-corrected chi connectivity index (χ2v) is 21.2. The first-order chi connectivity index (χ1) is 32.6. The summed E-state index contributed by atoms with van der Waals surface area (Å²) in [5.74, 6) is -1.46. The van der Waals surface area contributed by atoms with Crippen molar-refractivity contribution < 1.29 is 29.3 Å². The van der Waals surface area contributed by atoms with E-state index in [0.29, 0.717) is 6.61 Å². The minimum atomic E-state index is -0.695. The van der Waals surface area contributed by atoms with Crippen LogP contribution in [-0.4, -0.2) is 68.9 Å². The number of hydrogen-bond donors (Lipinski definition) is 2. The van der Waals surface area contributed by atoms with Crippen LogP contribution in [0.25, 0.3) is 43.6 Å². The van der Waals surface area contributed by atoms with Crippen molar-refractivity contribution in [3.05, 3.63) is 151 Å². The number of benzene rings is 4. The van der Waals surface area contributed by atoms with Crippen molar-refractivity contribution >= 4 is 108 Å². The van der Waals surface area contributed by atoms with Gasteiger partial charge in [-0.2, -0.15) is 0 Å². The molecule has 0 spiro atoms. The van der Waals surface area contributed by atoms with E-state index in [0.717, 1.165) is 121 Å². The summed E-state index contributed by atoms with van der Waals surface area (Å²) < 4.78 is 3.63. The number of halogens is 1. The molecule has 4 aromatic carbocycles. The van der Waals surface area contributed by atoms with Crippen molar-refractivity contribution in [1.29, 1.82) is 0 Å². The molecule has 14 heteroatoms. The quantitative estimate of drug-likeness (QED) is 0.125. The highest BCUT2D eigenvalue weighted by Crippen LogP contribution is 2.51. The van der Waals surface area contributed by atoms with Gasteiger partial charge in [0, 0.05) is 61.0 Å². The van der Waals surface area contributed by atoms with Crippen LogP contribution >= 0.6 is 46.9 Å². The summed E-state index contributed by atoms with van der Waals surface area (Å²) in [6, 6.07) is 39.2. The van der Waals surface area contributed by atoms with E-state index in [1.165, 1.54) is 23.5 Å². The lowest BCUT2D eigenvalue weighted by atomic mass is 9.84. The Morgan fingerprint density at radius 1 is 0.493 bits per heavy atom. The molecule has 67 heavy (non-hydrogen) atoms. The molecule has 3 aliphatic rings. The molecule has 10 nitrogen and oxygen atoms in total. The average Bonchev–Trinajstić information content (AvgIpc) is 3.31. The van der Waals surface area contributed by atoms with E-state index in [-0.39, 0.29) is 10.7 Å². The molecule has 3 fully saturated rings. The molecule has 0 amide bonds. The Kier molecular flexibility index (Phi) is 15.3. The van der Waals surface area contributed by atoms with Crippen molar-refractivity contribution in [2.24, 2.45) is 0 Å². The Labute approximate surface area is 406 Å². The molecule has 2 N–H and O–H groups in total. The van der Waals surface area contributed by atoms with Gasteiger partial charge in [-0.25, -0.2) is 0 Å². The Hall–Kier alpha value is -5.73. The fraction of sp³-hybridized carbons (Fsp3) is 0.264. The fourth-order valence-corrected chi connectivity index (χ4v) is 12.5. The number of pyridine rings is 4. The van der Waals surface area contributed by atoms with Crippen molar-refractivity contribution in [2.45, 2.75) is 93.6 Å². The van der Waals surface area contributed by atoms with Gasteiger partial charge in [0.2, 0.25) is 0 Å². The SMILES string of the molecule is CCOC(=O)C1(Sc2ccnc3ccccc23)CCC1.Clc1ccnc2ccccc12.O=C(O)C1(Sc2ccnc3ccccc23)CCC1.O=C(O)C1(Sc2ccnc3ccccc23)CCC1. The van der Waals surface area contributed by atoms with Crippen molar-refractivity contribution in [3.63, 3.8) is 0 Å². The number of carbonyl (C=O) groups excluding carboxylic acids is 1. The van der Waals surface area contributed by atoms with Crippen molar-refractivity contribution in [1.82, 2.24) is 19.9 Å². The number of aromatic nitrogens is 4. The van der Waals surface area contributed by atoms with Gasteiger partial charge in [-0.1, -0.05) is 84.4 Å². The topological polar surface area (TPSA) is 152 Å². The van der Waals surface area contributed by atoms with Crippen molar-refractivity contribution in [3.8, 4) is 0 Å². The molecule has 3 saturated carbocycles. The summed E-state index contributed by atoms with van der Waals surface area (Å²) in [5, 5.41) is 23.7. The number of nitrogens with zero attached hydrogens (tertiary/aromatic N) is 4. The van der Waals surface area contributed by atoms with Gasteiger partial charge in [0.1, 0.15) is 14.2 Å². The minimum absolute atomic E-state index is 0.0721. The highest BCUT2D eigenvalue weighted by atomic mass is 35.5. The number of rotatable bonds is 10. The number of carboxylic acid groups (broad SMARTS) is 2. The van der Waals surface area contributed by atoms with E-state index < -0.39 is 21.4 Å². The van der Waals surface area contributed by atoms with Crippen LogP contribution in [0, 0.1) is 0 Å². The first-order valence-electron chi connectivity index (χ1n) is 22.3. The smallest absolute Gasteiger partial charge is 0.322 e. The predicted octanol–water partition coefficient (Wildman–Crippen LogP) is 13.4. The summed E-state index contributed by atoms with van der Waals surface area (Å²) in [4.78, 5) is 55.3. The molecule has 4 aromatic heterocycles. The molecular weight excluding hydrogens is 920 g/mol. The van der Waals surface area contributed by atoms with Crippen LogP contribution in [0.1, 0.15) is 64.7 Å². The molecule has 342 valence electrons. The van der Waals surface area contributed by atoms with E-state index >= 15 is 0 Å². The maximum absolute atomic E-state index is 12.2. The zero-order valence-corrected chi connectivity index (χ0v) is 40.1. The maximum atomic E-state index is 12.2. The second-order valence-electron chi connectivity index (χ2n) is 16.5. The largest absolute Gasteiger partial charge is 0.480 e. The van der Waals surface area contributed by atoms with Crippen LogP contribution < -0.4 is 0 Å². The lowest BCUT2D eigenvalue weighted by Crippen LogP contribution is -2.43. The third kappa shape index (κ3) is 10.7. The predicted molar refractivity (Wildman–Crippen MR) is 271 cm³/mol. The Morgan fingerprint density at radius 3 is 1.12 bits per heavy atom. The van der Waals surface area contributed by atoms with E-state index in [9.17, 15) is 24.6 Å². The summed E-state index contributed by atoms with van der Waals surface area (Å²) in [6.45, 7) is 2.30. The molecule has 4 heterocycles. The first kappa shape index (κ1) is 47.8. The lowest BCUT2D eigenvalue weighted by molar-refractivity contribution is -0.148. The zero-order valence-electron chi connectivity index (χ0n) is 36.8. The number of para-hydroxylation sites is 4. The highest BCUT2D eigenvalue weighted by Gasteiger charge is 2.48. The van der Waals surface area contributed by atoms with Gasteiger partial charge < -0.3 is 14.9 Å². The van der Waals surface area contributed by atoms with Crippen LogP contribution in [0.15, 0.2) is 161 Å². The Bertz CT molecular complexity index is 2920. The third-order valence-electron chi connectivity index (χ3n) is 12.2. The van der Waals surface area contributed by atoms with E-state index in [1.54, 1.807) is 36.4 Å². The van der Waals surface area contributed by atoms with Gasteiger partial charge in [0.05, 0.1) is 33.7 Å². The number of carboxylic acids is 2. The monoisotopic (exact) mass is 968 g/mol. The Morgan fingerprint density at radius 2 is 0.806 bits per heavy atom. The zero-order chi connectivity index (χ0) is 46.9. The normalized spacial score (nSPS) is 16.0. The molecule has 0 bridgehead atoms. The summed E-state index contributed by atoms with van der Waals surface area (Å²) in [7, 11) is 0. The first-order valence-corrected chi connectivity index (χ1v) is 25.1. The lowest BCUT2D eigenvalue weighted by Gasteiger charge is -2.38. The van der Waals surface area contributed by atoms with Crippen LogP contribution in [0.3, 0.4) is 0 Å². The molecule has 0 saturated heterocycles. The second kappa shape index (κ2) is 21.5. The summed E-state index contributed by atoms with van der Waals surface area (Å²) in [5.41, 5.74) is 3.75. The van der Waals surface area contributed by atoms with E-state index in [1.807, 2.05) is 122 Å². The minimum Gasteiger partial charge on any atom is -0.480 e. The number of esters is 1. The van der Waals surface area contributed by atoms with Gasteiger partial charge in [0.15, 0.2) is 0 Å². The number of hydrogen-bond acceptors (Lipinski definition) is 11. The standard InChI is InChI=1S/C16H17NO2S.2C14H13NO2S.C9H6ClN/c1-2-19-15(18)16(9-5-10-16)20-14-8-11-17-13-7-4-3-6-12(13)14;2*16-13(17)14(7-3-8-14)18-12-6-9-15-11-5-2-1-4-10(11)12;10-8-5-6-11-9-4-2-1-3-7(8)9/h3-4,6-8,11H,2,5,9-10H2,1H3;2*1-2,4-6,9H,3,7-8H2,(H,16,17);1-6H. The number of thioether (sulfide) groups is 3. The van der Waals surface area contributed by atoms with Gasteiger partial charge in [-0.15, -0.1) is 35.3 Å². The highest BCUT2D eigenvalue weighted by molar-refractivity contribution is 8.02. The molecule has 0 unspecified atom stereocenters. The van der Waals surface area contributed by atoms with Gasteiger partial charge in [0.25, 0.3) is 0 Å². The maximum Gasteiger partial charge on any atom is 0.322 e. The number of carbonyl (C=O) groups is 3. The number of ether oxygens (including phenoxy) is 1. The molecular formula is C53H49ClN4O6S3. The Balaban J connectivity index is 0.000000123. The molecule has 0 radical (unpaired) electrons. The number of fused-ring (bicyclic) bond motifs is 4. The van der Waals surface area contributed by atoms with Gasteiger partial charge in [-0.05, 0) is 113 Å². The summed E-state index contributed by atoms with van der Waals surface area (Å²) >= 11 is 10.5. The van der Waals surface area contributed by atoms with Crippen LogP contribution in [-0.2, 0) is 19.1 Å². The van der Waals surface area contributed by atoms with E-state index in [4.69, 9.17) is 16.3 Å². The van der Waals surface area contributed by atoms with Crippen LogP contribution in [0.2, 0.25) is 5.02 Å². The molecule has 0 atom stereocenters. The number of aliphatic carboxylic acids is 2. The summed E-state index contributed by atoms with van der Waals surface area (Å²) in [6.07, 6.45) is 14.9. The van der Waals surface area contributed by atoms with Crippen LogP contribution in [0.5, 0.6) is 0 Å². The van der Waals surface area contributed by atoms with E-state index in [2.05, 4.69) is 26.0 Å². The fourth-order valence-electron chi connectivity index (χ4n) is 7.99. The molecule has 3 aliphatic carbocycles. The third-order valence-corrected chi connectivity index (χ3v) is 17.2. The molecule has 11 rings (SSSR count).